The van der Waals surface area contributed by atoms with E-state index in [1.807, 2.05) is 0 Å². The molecule has 1 nitrogen and oxygen atoms in total. The number of benzene rings is 2. The molecule has 0 aliphatic rings. The molecule has 0 aliphatic carbocycles. The maximum Gasteiger partial charge on any atom is 0.130 e. The normalized spacial score (nSPS) is 12.5. The first kappa shape index (κ1) is 12.2. The van der Waals surface area contributed by atoms with Crippen molar-refractivity contribution in [1.29, 1.82) is 0 Å². The highest BCUT2D eigenvalue weighted by Crippen LogP contribution is 2.26. The summed E-state index contributed by atoms with van der Waals surface area (Å²) in [5.74, 6) is -0.895. The van der Waals surface area contributed by atoms with Crippen molar-refractivity contribution in [2.75, 3.05) is 0 Å². The Hall–Kier alpha value is -1.26. The SMILES string of the molecule is OC(c1ccc(F)cc1)c1ccc(Br)cc1F. The van der Waals surface area contributed by atoms with Gasteiger partial charge in [-0.15, -0.1) is 0 Å². The summed E-state index contributed by atoms with van der Waals surface area (Å²) in [5.41, 5.74) is 0.618. The van der Waals surface area contributed by atoms with Crippen LogP contribution >= 0.6 is 15.9 Å². The van der Waals surface area contributed by atoms with E-state index in [9.17, 15) is 13.9 Å². The van der Waals surface area contributed by atoms with Gasteiger partial charge >= 0.3 is 0 Å². The predicted octanol–water partition coefficient (Wildman–Crippen LogP) is 3.81. The highest BCUT2D eigenvalue weighted by atomic mass is 79.9. The summed E-state index contributed by atoms with van der Waals surface area (Å²) >= 11 is 3.14. The predicted molar refractivity (Wildman–Crippen MR) is 64.6 cm³/mol. The molecule has 88 valence electrons. The Morgan fingerprint density at radius 1 is 1.00 bits per heavy atom. The average Bonchev–Trinajstić information content (AvgIpc) is 2.29. The summed E-state index contributed by atoms with van der Waals surface area (Å²) in [5, 5.41) is 9.98. The second kappa shape index (κ2) is 4.94. The van der Waals surface area contributed by atoms with E-state index in [0.29, 0.717) is 10.0 Å². The highest BCUT2D eigenvalue weighted by Gasteiger charge is 2.15. The van der Waals surface area contributed by atoms with Gasteiger partial charge in [0.15, 0.2) is 0 Å². The summed E-state index contributed by atoms with van der Waals surface area (Å²) in [6.07, 6.45) is -1.09. The van der Waals surface area contributed by atoms with Crippen molar-refractivity contribution < 1.29 is 13.9 Å². The van der Waals surface area contributed by atoms with E-state index in [1.54, 1.807) is 6.07 Å². The first-order valence-electron chi connectivity index (χ1n) is 4.96. The Kier molecular flexibility index (Phi) is 3.54. The van der Waals surface area contributed by atoms with Crippen LogP contribution in [-0.2, 0) is 0 Å². The minimum Gasteiger partial charge on any atom is -0.384 e. The van der Waals surface area contributed by atoms with Crippen LogP contribution in [0.4, 0.5) is 8.78 Å². The summed E-state index contributed by atoms with van der Waals surface area (Å²) in [7, 11) is 0. The highest BCUT2D eigenvalue weighted by molar-refractivity contribution is 9.10. The van der Waals surface area contributed by atoms with E-state index in [4.69, 9.17) is 0 Å². The van der Waals surface area contributed by atoms with Crippen molar-refractivity contribution in [3.8, 4) is 0 Å². The number of aliphatic hydroxyl groups excluding tert-OH is 1. The molecular weight excluding hydrogens is 290 g/mol. The lowest BCUT2D eigenvalue weighted by atomic mass is 10.0. The maximum absolute atomic E-state index is 13.6. The number of halogens is 3. The fourth-order valence-corrected chi connectivity index (χ4v) is 1.88. The van der Waals surface area contributed by atoms with Crippen molar-refractivity contribution in [2.45, 2.75) is 6.10 Å². The largest absolute Gasteiger partial charge is 0.384 e. The van der Waals surface area contributed by atoms with Crippen molar-refractivity contribution in [1.82, 2.24) is 0 Å². The van der Waals surface area contributed by atoms with Gasteiger partial charge in [-0.1, -0.05) is 34.1 Å². The van der Waals surface area contributed by atoms with Crippen LogP contribution < -0.4 is 0 Å². The van der Waals surface area contributed by atoms with E-state index >= 15 is 0 Å². The van der Waals surface area contributed by atoms with Gasteiger partial charge < -0.3 is 5.11 Å². The first-order valence-corrected chi connectivity index (χ1v) is 5.75. The van der Waals surface area contributed by atoms with E-state index in [-0.39, 0.29) is 5.56 Å². The molecule has 1 atom stereocenters. The zero-order valence-corrected chi connectivity index (χ0v) is 10.3. The van der Waals surface area contributed by atoms with Gasteiger partial charge in [-0.25, -0.2) is 8.78 Å². The Bertz CT molecular complexity index is 525. The van der Waals surface area contributed by atoms with E-state index < -0.39 is 17.7 Å². The lowest BCUT2D eigenvalue weighted by molar-refractivity contribution is 0.215. The number of hydrogen-bond donors (Lipinski definition) is 1. The summed E-state index contributed by atoms with van der Waals surface area (Å²) < 4.78 is 26.9. The molecule has 0 aromatic heterocycles. The fraction of sp³-hybridized carbons (Fsp3) is 0.0769. The molecule has 17 heavy (non-hydrogen) atoms. The van der Waals surface area contributed by atoms with Gasteiger partial charge in [0.1, 0.15) is 17.7 Å². The zero-order chi connectivity index (χ0) is 12.4. The second-order valence-electron chi connectivity index (χ2n) is 3.62. The topological polar surface area (TPSA) is 20.2 Å². The van der Waals surface area contributed by atoms with Gasteiger partial charge in [0.05, 0.1) is 0 Å². The lowest BCUT2D eigenvalue weighted by Gasteiger charge is -2.12. The molecule has 4 heteroatoms. The van der Waals surface area contributed by atoms with Crippen LogP contribution in [0.15, 0.2) is 46.9 Å². The average molecular weight is 299 g/mol. The summed E-state index contributed by atoms with van der Waals surface area (Å²) in [6.45, 7) is 0. The van der Waals surface area contributed by atoms with Crippen molar-refractivity contribution in [3.05, 3.63) is 69.7 Å². The van der Waals surface area contributed by atoms with E-state index in [0.717, 1.165) is 0 Å². The fourth-order valence-electron chi connectivity index (χ4n) is 1.55. The van der Waals surface area contributed by atoms with Crippen LogP contribution in [-0.4, -0.2) is 5.11 Å². The minimum absolute atomic E-state index is 0.166. The second-order valence-corrected chi connectivity index (χ2v) is 4.54. The maximum atomic E-state index is 13.6. The molecule has 1 unspecified atom stereocenters. The molecule has 2 rings (SSSR count). The zero-order valence-electron chi connectivity index (χ0n) is 8.70. The van der Waals surface area contributed by atoms with Crippen molar-refractivity contribution in [3.63, 3.8) is 0 Å². The summed E-state index contributed by atoms with van der Waals surface area (Å²) in [4.78, 5) is 0. The molecule has 2 aromatic carbocycles. The molecule has 0 saturated heterocycles. The number of hydrogen-bond acceptors (Lipinski definition) is 1. The van der Waals surface area contributed by atoms with Gasteiger partial charge in [0.2, 0.25) is 0 Å². The van der Waals surface area contributed by atoms with Crippen LogP contribution in [0.5, 0.6) is 0 Å². The molecule has 0 heterocycles. The monoisotopic (exact) mass is 298 g/mol. The molecule has 0 saturated carbocycles. The van der Waals surface area contributed by atoms with Crippen LogP contribution in [0.1, 0.15) is 17.2 Å². The van der Waals surface area contributed by atoms with Crippen molar-refractivity contribution >= 4 is 15.9 Å². The lowest BCUT2D eigenvalue weighted by Crippen LogP contribution is -2.02. The molecule has 0 radical (unpaired) electrons. The van der Waals surface area contributed by atoms with Gasteiger partial charge in [0.25, 0.3) is 0 Å². The smallest absolute Gasteiger partial charge is 0.130 e. The van der Waals surface area contributed by atoms with Crippen LogP contribution in [0.3, 0.4) is 0 Å². The molecule has 0 bridgehead atoms. The molecule has 0 fully saturated rings. The van der Waals surface area contributed by atoms with Gasteiger partial charge in [-0.05, 0) is 29.8 Å². The molecule has 0 aliphatic heterocycles. The van der Waals surface area contributed by atoms with Crippen LogP contribution in [0, 0.1) is 11.6 Å². The Morgan fingerprint density at radius 2 is 1.65 bits per heavy atom. The molecular formula is C13H9BrF2O. The molecule has 0 amide bonds. The molecule has 0 spiro atoms. The van der Waals surface area contributed by atoms with E-state index in [1.165, 1.54) is 36.4 Å². The minimum atomic E-state index is -1.09. The third-order valence-electron chi connectivity index (χ3n) is 2.44. The van der Waals surface area contributed by atoms with Gasteiger partial charge in [-0.2, -0.15) is 0 Å². The third kappa shape index (κ3) is 2.70. The molecule has 2 aromatic rings. The number of rotatable bonds is 2. The first-order chi connectivity index (χ1) is 8.08. The number of aliphatic hydroxyl groups is 1. The Morgan fingerprint density at radius 3 is 2.24 bits per heavy atom. The molecule has 1 N–H and O–H groups in total. The van der Waals surface area contributed by atoms with Gasteiger partial charge in [0, 0.05) is 10.0 Å². The van der Waals surface area contributed by atoms with Crippen molar-refractivity contribution in [2.24, 2.45) is 0 Å². The third-order valence-corrected chi connectivity index (χ3v) is 2.94. The standard InChI is InChI=1S/C13H9BrF2O/c14-9-3-6-11(12(16)7-9)13(17)8-1-4-10(15)5-2-8/h1-7,13,17H. The summed E-state index contributed by atoms with van der Waals surface area (Å²) in [6, 6.07) is 9.74. The van der Waals surface area contributed by atoms with Crippen LogP contribution in [0.2, 0.25) is 0 Å². The quantitative estimate of drug-likeness (QED) is 0.894. The Labute approximate surface area is 106 Å². The Balaban J connectivity index is 2.36. The van der Waals surface area contributed by atoms with E-state index in [2.05, 4.69) is 15.9 Å². The van der Waals surface area contributed by atoms with Gasteiger partial charge in [-0.3, -0.25) is 0 Å². The van der Waals surface area contributed by atoms with Crippen LogP contribution in [0.25, 0.3) is 0 Å².